The van der Waals surface area contributed by atoms with Crippen LogP contribution in [0.1, 0.15) is 38.7 Å². The molecule has 2 aliphatic rings. The zero-order valence-electron chi connectivity index (χ0n) is 17.3. The number of para-hydroxylation sites is 1. The van der Waals surface area contributed by atoms with Gasteiger partial charge in [0.05, 0.1) is 6.61 Å². The number of aliphatic hydroxyl groups is 1. The molecule has 0 aromatic heterocycles. The second-order valence-corrected chi connectivity index (χ2v) is 7.91. The third-order valence-corrected chi connectivity index (χ3v) is 6.17. The summed E-state index contributed by atoms with van der Waals surface area (Å²) < 4.78 is 5.80. The minimum atomic E-state index is 0.189. The second kappa shape index (κ2) is 10.2. The Hall–Kier alpha value is -1.63. The number of amides is 1. The van der Waals surface area contributed by atoms with E-state index < -0.39 is 0 Å². The van der Waals surface area contributed by atoms with Crippen LogP contribution in [-0.4, -0.2) is 83.7 Å². The summed E-state index contributed by atoms with van der Waals surface area (Å²) in [4.78, 5) is 18.6. The number of rotatable bonds is 7. The highest BCUT2D eigenvalue weighted by Gasteiger charge is 2.32. The molecule has 1 aromatic rings. The van der Waals surface area contributed by atoms with Crippen molar-refractivity contribution in [2.75, 3.05) is 45.9 Å². The van der Waals surface area contributed by atoms with Crippen LogP contribution in [0.4, 0.5) is 0 Å². The largest absolute Gasteiger partial charge is 0.494 e. The first-order chi connectivity index (χ1) is 13.6. The van der Waals surface area contributed by atoms with Gasteiger partial charge in [-0.3, -0.25) is 14.6 Å². The summed E-state index contributed by atoms with van der Waals surface area (Å²) in [5.74, 6) is 1.15. The first kappa shape index (κ1) is 21.1. The highest BCUT2D eigenvalue weighted by atomic mass is 16.5. The molecule has 156 valence electrons. The number of carbonyl (C=O) groups is 1. The van der Waals surface area contributed by atoms with Crippen LogP contribution in [0, 0.1) is 0 Å². The molecule has 0 aliphatic carbocycles. The number of likely N-dealkylation sites (tertiary alicyclic amines) is 1. The molecule has 0 spiro atoms. The Bertz CT molecular complexity index is 631. The van der Waals surface area contributed by atoms with Gasteiger partial charge in [-0.15, -0.1) is 0 Å². The maximum Gasteiger partial charge on any atom is 0.219 e. The minimum absolute atomic E-state index is 0.189. The van der Waals surface area contributed by atoms with E-state index in [9.17, 15) is 9.90 Å². The lowest BCUT2D eigenvalue weighted by molar-refractivity contribution is -0.130. The lowest BCUT2D eigenvalue weighted by atomic mass is 9.99. The van der Waals surface area contributed by atoms with Gasteiger partial charge in [-0.05, 0) is 32.3 Å². The minimum Gasteiger partial charge on any atom is -0.494 e. The average Bonchev–Trinajstić information content (AvgIpc) is 2.71. The molecule has 28 heavy (non-hydrogen) atoms. The molecule has 1 N–H and O–H groups in total. The number of carbonyl (C=O) groups excluding carboxylic acids is 1. The zero-order chi connectivity index (χ0) is 19.9. The summed E-state index contributed by atoms with van der Waals surface area (Å²) in [6.45, 7) is 10.2. The van der Waals surface area contributed by atoms with Gasteiger partial charge in [0.25, 0.3) is 0 Å². The number of ether oxygens (including phenoxy) is 1. The third kappa shape index (κ3) is 5.25. The Balaban J connectivity index is 1.61. The molecule has 1 aromatic carbocycles. The van der Waals surface area contributed by atoms with Gasteiger partial charge < -0.3 is 14.7 Å². The summed E-state index contributed by atoms with van der Waals surface area (Å²) in [7, 11) is 0. The molecule has 0 radical (unpaired) electrons. The SMILES string of the molecule is CCOc1ccccc1CN1CCN(C2CCN(C(C)=O)CC2)C[C@H]1CCO. The van der Waals surface area contributed by atoms with E-state index in [0.29, 0.717) is 18.7 Å². The summed E-state index contributed by atoms with van der Waals surface area (Å²) >= 11 is 0. The van der Waals surface area contributed by atoms with Crippen molar-refractivity contribution in [1.29, 1.82) is 0 Å². The van der Waals surface area contributed by atoms with Crippen molar-refractivity contribution in [3.8, 4) is 5.75 Å². The van der Waals surface area contributed by atoms with Gasteiger partial charge in [-0.1, -0.05) is 18.2 Å². The summed E-state index contributed by atoms with van der Waals surface area (Å²) in [5, 5.41) is 9.62. The van der Waals surface area contributed by atoms with E-state index in [1.165, 1.54) is 5.56 Å². The predicted molar refractivity (Wildman–Crippen MR) is 110 cm³/mol. The van der Waals surface area contributed by atoms with E-state index in [4.69, 9.17) is 4.74 Å². The van der Waals surface area contributed by atoms with Gasteiger partial charge in [0.2, 0.25) is 5.91 Å². The van der Waals surface area contributed by atoms with Crippen molar-refractivity contribution >= 4 is 5.91 Å². The first-order valence-corrected chi connectivity index (χ1v) is 10.7. The maximum absolute atomic E-state index is 11.6. The molecule has 2 fully saturated rings. The number of hydrogen-bond donors (Lipinski definition) is 1. The van der Waals surface area contributed by atoms with Crippen molar-refractivity contribution in [2.24, 2.45) is 0 Å². The fourth-order valence-corrected chi connectivity index (χ4v) is 4.58. The molecule has 6 nitrogen and oxygen atoms in total. The molecule has 6 heteroatoms. The van der Waals surface area contributed by atoms with Crippen molar-refractivity contribution in [2.45, 2.75) is 51.7 Å². The number of nitrogens with zero attached hydrogens (tertiary/aromatic N) is 3. The van der Waals surface area contributed by atoms with Crippen LogP contribution in [0.3, 0.4) is 0 Å². The molecular weight excluding hydrogens is 354 g/mol. The molecular formula is C22H35N3O3. The number of aliphatic hydroxyl groups excluding tert-OH is 1. The van der Waals surface area contributed by atoms with Crippen LogP contribution in [0.15, 0.2) is 24.3 Å². The number of piperazine rings is 1. The van der Waals surface area contributed by atoms with E-state index in [0.717, 1.165) is 64.3 Å². The van der Waals surface area contributed by atoms with Crippen LogP contribution in [0.2, 0.25) is 0 Å². The van der Waals surface area contributed by atoms with E-state index in [1.807, 2.05) is 24.0 Å². The van der Waals surface area contributed by atoms with Crippen LogP contribution >= 0.6 is 0 Å². The highest BCUT2D eigenvalue weighted by Crippen LogP contribution is 2.26. The van der Waals surface area contributed by atoms with Crippen molar-refractivity contribution in [3.05, 3.63) is 29.8 Å². The Labute approximate surface area is 169 Å². The van der Waals surface area contributed by atoms with E-state index in [2.05, 4.69) is 21.9 Å². The van der Waals surface area contributed by atoms with Gasteiger partial charge in [0.1, 0.15) is 5.75 Å². The van der Waals surface area contributed by atoms with Crippen molar-refractivity contribution < 1.29 is 14.6 Å². The van der Waals surface area contributed by atoms with Crippen LogP contribution < -0.4 is 4.74 Å². The Morgan fingerprint density at radius 2 is 1.93 bits per heavy atom. The fourth-order valence-electron chi connectivity index (χ4n) is 4.58. The monoisotopic (exact) mass is 389 g/mol. The van der Waals surface area contributed by atoms with Gasteiger partial charge >= 0.3 is 0 Å². The topological polar surface area (TPSA) is 56.2 Å². The predicted octanol–water partition coefficient (Wildman–Crippen LogP) is 1.96. The summed E-state index contributed by atoms with van der Waals surface area (Å²) in [6.07, 6.45) is 2.90. The smallest absolute Gasteiger partial charge is 0.219 e. The Kier molecular flexibility index (Phi) is 7.71. The normalized spacial score (nSPS) is 22.4. The number of hydrogen-bond acceptors (Lipinski definition) is 5. The van der Waals surface area contributed by atoms with E-state index in [-0.39, 0.29) is 12.5 Å². The second-order valence-electron chi connectivity index (χ2n) is 7.91. The van der Waals surface area contributed by atoms with Crippen LogP contribution in [0.5, 0.6) is 5.75 Å². The zero-order valence-corrected chi connectivity index (χ0v) is 17.3. The summed E-state index contributed by atoms with van der Waals surface area (Å²) in [5.41, 5.74) is 1.22. The van der Waals surface area contributed by atoms with Crippen molar-refractivity contribution in [3.63, 3.8) is 0 Å². The maximum atomic E-state index is 11.6. The number of benzene rings is 1. The van der Waals surface area contributed by atoms with Crippen LogP contribution in [0.25, 0.3) is 0 Å². The molecule has 2 saturated heterocycles. The van der Waals surface area contributed by atoms with Crippen molar-refractivity contribution in [1.82, 2.24) is 14.7 Å². The van der Waals surface area contributed by atoms with Gasteiger partial charge in [-0.2, -0.15) is 0 Å². The lowest BCUT2D eigenvalue weighted by Gasteiger charge is -2.46. The average molecular weight is 390 g/mol. The van der Waals surface area contributed by atoms with E-state index >= 15 is 0 Å². The van der Waals surface area contributed by atoms with E-state index in [1.54, 1.807) is 6.92 Å². The van der Waals surface area contributed by atoms with Crippen LogP contribution in [-0.2, 0) is 11.3 Å². The molecule has 0 bridgehead atoms. The lowest BCUT2D eigenvalue weighted by Crippen LogP contribution is -2.57. The van der Waals surface area contributed by atoms with Gasteiger partial charge in [0.15, 0.2) is 0 Å². The molecule has 0 saturated carbocycles. The molecule has 1 amide bonds. The standard InChI is InChI=1S/C22H35N3O3/c1-3-28-22-7-5-4-6-19(22)16-24-13-14-25(17-21(24)10-15-26)20-8-11-23(12-9-20)18(2)27/h4-7,20-21,26H,3,8-17H2,1-2H3/t21-/m1/s1. The van der Waals surface area contributed by atoms with Gasteiger partial charge in [0, 0.05) is 70.4 Å². The molecule has 1 atom stereocenters. The Morgan fingerprint density at radius 3 is 2.61 bits per heavy atom. The van der Waals surface area contributed by atoms with Gasteiger partial charge in [-0.25, -0.2) is 0 Å². The fraction of sp³-hybridized carbons (Fsp3) is 0.682. The number of piperidine rings is 1. The molecule has 0 unspecified atom stereocenters. The molecule has 3 rings (SSSR count). The summed E-state index contributed by atoms with van der Waals surface area (Å²) in [6, 6.07) is 9.17. The first-order valence-electron chi connectivity index (χ1n) is 10.7. The molecule has 2 aliphatic heterocycles. The molecule has 2 heterocycles. The Morgan fingerprint density at radius 1 is 1.18 bits per heavy atom. The third-order valence-electron chi connectivity index (χ3n) is 6.17. The quantitative estimate of drug-likeness (QED) is 0.773. The highest BCUT2D eigenvalue weighted by molar-refractivity contribution is 5.73.